The maximum Gasteiger partial charge on any atom is 0.246 e. The zero-order chi connectivity index (χ0) is 25.4. The van der Waals surface area contributed by atoms with Crippen LogP contribution in [0.2, 0.25) is 0 Å². The topological polar surface area (TPSA) is 93.9 Å². The summed E-state index contributed by atoms with van der Waals surface area (Å²) in [6.07, 6.45) is 5.03. The van der Waals surface area contributed by atoms with Crippen molar-refractivity contribution in [3.05, 3.63) is 71.1 Å². The number of thioether (sulfide) groups is 1. The zero-order valence-electron chi connectivity index (χ0n) is 20.5. The molecule has 8 nitrogen and oxygen atoms in total. The van der Waals surface area contributed by atoms with Gasteiger partial charge in [0, 0.05) is 18.0 Å². The SMILES string of the molecule is COc1cc(/C=C/C(=O)N(C)CC(=O)Nc2ccccc2SC)ccc1OCc1c(C)noc1C. The summed E-state index contributed by atoms with van der Waals surface area (Å²) in [5.74, 6) is 1.25. The van der Waals surface area contributed by atoms with E-state index in [1.165, 1.54) is 11.0 Å². The average molecular weight is 496 g/mol. The number of methoxy groups -OCH3 is 1. The molecule has 2 amide bonds. The molecule has 0 bridgehead atoms. The van der Waals surface area contributed by atoms with E-state index >= 15 is 0 Å². The number of aromatic nitrogens is 1. The molecule has 0 aliphatic rings. The standard InChI is InChI=1S/C26H29N3O5S/c1-17-20(18(2)34-28-17)16-33-22-12-10-19(14-23(22)32-4)11-13-26(31)29(3)15-25(30)27-21-8-6-7-9-24(21)35-5/h6-14H,15-16H2,1-5H3,(H,27,30)/b13-11+. The fourth-order valence-corrected chi connectivity index (χ4v) is 3.84. The Morgan fingerprint density at radius 2 is 1.94 bits per heavy atom. The van der Waals surface area contributed by atoms with Crippen molar-refractivity contribution in [3.63, 3.8) is 0 Å². The van der Waals surface area contributed by atoms with Gasteiger partial charge in [0.25, 0.3) is 0 Å². The lowest BCUT2D eigenvalue weighted by atomic mass is 10.1. The molecule has 0 radical (unpaired) electrons. The number of nitrogens with zero attached hydrogens (tertiary/aromatic N) is 2. The molecule has 0 aliphatic carbocycles. The first-order chi connectivity index (χ1) is 16.8. The van der Waals surface area contributed by atoms with E-state index in [1.807, 2.05) is 50.4 Å². The van der Waals surface area contributed by atoms with Crippen LogP contribution in [0.25, 0.3) is 6.08 Å². The lowest BCUT2D eigenvalue weighted by Gasteiger charge is -2.16. The number of nitrogens with one attached hydrogen (secondary N) is 1. The summed E-state index contributed by atoms with van der Waals surface area (Å²) < 4.78 is 16.5. The third-order valence-corrected chi connectivity index (χ3v) is 6.09. The van der Waals surface area contributed by atoms with Gasteiger partial charge < -0.3 is 24.2 Å². The van der Waals surface area contributed by atoms with Gasteiger partial charge in [-0.25, -0.2) is 0 Å². The number of carbonyl (C=O) groups is 2. The highest BCUT2D eigenvalue weighted by Gasteiger charge is 2.14. The van der Waals surface area contributed by atoms with Crippen LogP contribution in [0, 0.1) is 13.8 Å². The highest BCUT2D eigenvalue weighted by molar-refractivity contribution is 7.98. The first-order valence-corrected chi connectivity index (χ1v) is 12.1. The normalized spacial score (nSPS) is 10.9. The Hall–Kier alpha value is -3.72. The number of aryl methyl sites for hydroxylation is 2. The van der Waals surface area contributed by atoms with Gasteiger partial charge in [0.05, 0.1) is 30.6 Å². The molecule has 0 saturated carbocycles. The number of hydrogen-bond acceptors (Lipinski definition) is 7. The quantitative estimate of drug-likeness (QED) is 0.322. The van der Waals surface area contributed by atoms with E-state index in [0.29, 0.717) is 23.9 Å². The molecule has 0 spiro atoms. The summed E-state index contributed by atoms with van der Waals surface area (Å²) in [5.41, 5.74) is 3.16. The van der Waals surface area contributed by atoms with Crippen LogP contribution in [0.1, 0.15) is 22.6 Å². The van der Waals surface area contributed by atoms with Crippen molar-refractivity contribution in [1.82, 2.24) is 10.1 Å². The molecule has 1 N–H and O–H groups in total. The predicted octanol–water partition coefficient (Wildman–Crippen LogP) is 4.71. The Morgan fingerprint density at radius 3 is 2.63 bits per heavy atom. The number of ether oxygens (including phenoxy) is 2. The third-order valence-electron chi connectivity index (χ3n) is 5.30. The highest BCUT2D eigenvalue weighted by Crippen LogP contribution is 2.30. The molecule has 0 atom stereocenters. The minimum Gasteiger partial charge on any atom is -0.493 e. The van der Waals surface area contributed by atoms with Crippen LogP contribution in [-0.2, 0) is 16.2 Å². The van der Waals surface area contributed by atoms with E-state index in [2.05, 4.69) is 10.5 Å². The first-order valence-electron chi connectivity index (χ1n) is 10.9. The summed E-state index contributed by atoms with van der Waals surface area (Å²) in [6, 6.07) is 12.9. The number of benzene rings is 2. The number of para-hydroxylation sites is 1. The van der Waals surface area contributed by atoms with Gasteiger partial charge >= 0.3 is 0 Å². The molecule has 1 aromatic heterocycles. The second-order valence-electron chi connectivity index (χ2n) is 7.78. The smallest absolute Gasteiger partial charge is 0.246 e. The maximum atomic E-state index is 12.5. The van der Waals surface area contributed by atoms with Crippen molar-refractivity contribution in [2.24, 2.45) is 0 Å². The van der Waals surface area contributed by atoms with E-state index in [-0.39, 0.29) is 18.4 Å². The third kappa shape index (κ3) is 6.89. The summed E-state index contributed by atoms with van der Waals surface area (Å²) in [4.78, 5) is 27.2. The molecule has 0 unspecified atom stereocenters. The number of likely N-dealkylation sites (N-methyl/N-ethyl adjacent to an activating group) is 1. The Bertz CT molecular complexity index is 1200. The van der Waals surface area contributed by atoms with Crippen LogP contribution in [-0.4, -0.2) is 48.8 Å². The van der Waals surface area contributed by atoms with Gasteiger partial charge in [-0.1, -0.05) is 23.4 Å². The predicted molar refractivity (Wildman–Crippen MR) is 137 cm³/mol. The lowest BCUT2D eigenvalue weighted by Crippen LogP contribution is -2.33. The Kier molecular flexibility index (Phi) is 8.97. The number of amides is 2. The fraction of sp³-hybridized carbons (Fsp3) is 0.269. The number of rotatable bonds is 10. The van der Waals surface area contributed by atoms with E-state index in [1.54, 1.807) is 44.1 Å². The van der Waals surface area contributed by atoms with Gasteiger partial charge in [0.2, 0.25) is 11.8 Å². The molecular weight excluding hydrogens is 466 g/mol. The van der Waals surface area contributed by atoms with Crippen molar-refractivity contribution in [2.75, 3.05) is 32.3 Å². The Morgan fingerprint density at radius 1 is 1.17 bits per heavy atom. The molecule has 2 aromatic carbocycles. The summed E-state index contributed by atoms with van der Waals surface area (Å²) in [6.45, 7) is 3.94. The largest absolute Gasteiger partial charge is 0.493 e. The number of hydrogen-bond donors (Lipinski definition) is 1. The van der Waals surface area contributed by atoms with Crippen LogP contribution < -0.4 is 14.8 Å². The highest BCUT2D eigenvalue weighted by atomic mass is 32.2. The van der Waals surface area contributed by atoms with Crippen LogP contribution >= 0.6 is 11.8 Å². The van der Waals surface area contributed by atoms with Gasteiger partial charge in [0.1, 0.15) is 12.4 Å². The molecule has 1 heterocycles. The molecule has 0 fully saturated rings. The molecule has 3 aromatic rings. The van der Waals surface area contributed by atoms with E-state index in [0.717, 1.165) is 27.4 Å². The molecule has 184 valence electrons. The van der Waals surface area contributed by atoms with Gasteiger partial charge in [-0.3, -0.25) is 9.59 Å². The van der Waals surface area contributed by atoms with Crippen LogP contribution in [0.3, 0.4) is 0 Å². The van der Waals surface area contributed by atoms with Crippen molar-refractivity contribution in [2.45, 2.75) is 25.3 Å². The number of anilines is 1. The average Bonchev–Trinajstić information content (AvgIpc) is 3.18. The van der Waals surface area contributed by atoms with E-state index in [4.69, 9.17) is 14.0 Å². The van der Waals surface area contributed by atoms with E-state index in [9.17, 15) is 9.59 Å². The minimum absolute atomic E-state index is 0.0658. The molecule has 9 heteroatoms. The van der Waals surface area contributed by atoms with Crippen molar-refractivity contribution in [1.29, 1.82) is 0 Å². The molecule has 3 rings (SSSR count). The van der Waals surface area contributed by atoms with Crippen molar-refractivity contribution < 1.29 is 23.6 Å². The zero-order valence-corrected chi connectivity index (χ0v) is 21.3. The second kappa shape index (κ2) is 12.1. The molecule has 35 heavy (non-hydrogen) atoms. The van der Waals surface area contributed by atoms with Gasteiger partial charge in [-0.2, -0.15) is 0 Å². The summed E-state index contributed by atoms with van der Waals surface area (Å²) in [7, 11) is 3.14. The Labute approximate surface area is 209 Å². The summed E-state index contributed by atoms with van der Waals surface area (Å²) >= 11 is 1.54. The van der Waals surface area contributed by atoms with Gasteiger partial charge in [0.15, 0.2) is 11.5 Å². The second-order valence-corrected chi connectivity index (χ2v) is 8.63. The summed E-state index contributed by atoms with van der Waals surface area (Å²) in [5, 5.41) is 6.78. The monoisotopic (exact) mass is 495 g/mol. The number of carbonyl (C=O) groups excluding carboxylic acids is 2. The molecule has 0 saturated heterocycles. The van der Waals surface area contributed by atoms with Gasteiger partial charge in [-0.15, -0.1) is 11.8 Å². The minimum atomic E-state index is -0.295. The molecular formula is C26H29N3O5S. The van der Waals surface area contributed by atoms with Crippen LogP contribution in [0.4, 0.5) is 5.69 Å². The van der Waals surface area contributed by atoms with E-state index < -0.39 is 0 Å². The van der Waals surface area contributed by atoms with Crippen LogP contribution in [0.15, 0.2) is 58.0 Å². The van der Waals surface area contributed by atoms with Gasteiger partial charge in [-0.05, 0) is 56.0 Å². The maximum absolute atomic E-state index is 12.5. The van der Waals surface area contributed by atoms with Crippen LogP contribution in [0.5, 0.6) is 11.5 Å². The van der Waals surface area contributed by atoms with Crippen molar-refractivity contribution in [3.8, 4) is 11.5 Å². The fourth-order valence-electron chi connectivity index (χ4n) is 3.29. The van der Waals surface area contributed by atoms with Crippen molar-refractivity contribution >= 4 is 35.3 Å². The Balaban J connectivity index is 1.58. The molecule has 0 aliphatic heterocycles. The lowest BCUT2D eigenvalue weighted by molar-refractivity contribution is -0.129. The first kappa shape index (κ1) is 25.9.